The molecule has 0 spiro atoms. The van der Waals surface area contributed by atoms with E-state index >= 15 is 0 Å². The van der Waals surface area contributed by atoms with Gasteiger partial charge in [0, 0.05) is 24.9 Å². The zero-order valence-electron chi connectivity index (χ0n) is 11.8. The quantitative estimate of drug-likeness (QED) is 0.621. The number of carbonyl (C=O) groups excluding carboxylic acids is 1. The van der Waals surface area contributed by atoms with E-state index in [0.717, 1.165) is 23.2 Å². The molecule has 21 heavy (non-hydrogen) atoms. The van der Waals surface area contributed by atoms with E-state index in [9.17, 15) is 4.79 Å². The third-order valence-corrected chi connectivity index (χ3v) is 3.26. The van der Waals surface area contributed by atoms with Crippen molar-refractivity contribution in [1.82, 2.24) is 9.97 Å². The van der Waals surface area contributed by atoms with Crippen LogP contribution >= 0.6 is 12.0 Å². The second-order valence-corrected chi connectivity index (χ2v) is 4.68. The number of ether oxygens (including phenoxy) is 2. The first kappa shape index (κ1) is 15.1. The van der Waals surface area contributed by atoms with Crippen LogP contribution in [0, 0.1) is 0 Å². The summed E-state index contributed by atoms with van der Waals surface area (Å²) in [6, 6.07) is 5.55. The number of nitrogens with zero attached hydrogens (tertiary/aromatic N) is 2. The molecule has 2 aromatic rings. The molecule has 0 amide bonds. The van der Waals surface area contributed by atoms with Gasteiger partial charge in [-0.1, -0.05) is 6.07 Å². The van der Waals surface area contributed by atoms with Gasteiger partial charge >= 0.3 is 5.97 Å². The van der Waals surface area contributed by atoms with Gasteiger partial charge in [0.25, 0.3) is 0 Å². The summed E-state index contributed by atoms with van der Waals surface area (Å²) in [5.41, 5.74) is 1.72. The first-order chi connectivity index (χ1) is 10.1. The van der Waals surface area contributed by atoms with E-state index in [-0.39, 0.29) is 0 Å². The van der Waals surface area contributed by atoms with Crippen LogP contribution in [0.25, 0.3) is 11.1 Å². The highest BCUT2D eigenvalue weighted by atomic mass is 32.2. The molecule has 0 N–H and O–H groups in total. The van der Waals surface area contributed by atoms with Gasteiger partial charge in [-0.2, -0.15) is 0 Å². The average Bonchev–Trinajstić information content (AvgIpc) is 2.52. The number of rotatable bonds is 5. The lowest BCUT2D eigenvalue weighted by Gasteiger charge is -2.09. The van der Waals surface area contributed by atoms with Crippen LogP contribution in [-0.4, -0.2) is 30.2 Å². The Morgan fingerprint density at radius 1 is 1.05 bits per heavy atom. The Balaban J connectivity index is 2.20. The minimum Gasteiger partial charge on any atom is -0.493 e. The summed E-state index contributed by atoms with van der Waals surface area (Å²) in [5, 5.41) is 0.370. The summed E-state index contributed by atoms with van der Waals surface area (Å²) in [6.45, 7) is 1.32. The lowest BCUT2D eigenvalue weighted by atomic mass is 10.1. The minimum atomic E-state index is -0.396. The fourth-order valence-electron chi connectivity index (χ4n) is 1.62. The number of hydrogen-bond donors (Lipinski definition) is 0. The van der Waals surface area contributed by atoms with Crippen LogP contribution in [-0.2, 0) is 8.98 Å². The highest BCUT2D eigenvalue weighted by molar-refractivity contribution is 7.94. The van der Waals surface area contributed by atoms with Crippen LogP contribution in [0.3, 0.4) is 0 Å². The molecular formula is C14H14N2O4S. The van der Waals surface area contributed by atoms with E-state index in [1.807, 2.05) is 18.2 Å². The summed E-state index contributed by atoms with van der Waals surface area (Å²) in [4.78, 5) is 19.0. The topological polar surface area (TPSA) is 70.5 Å². The third kappa shape index (κ3) is 3.85. The summed E-state index contributed by atoms with van der Waals surface area (Å²) in [6.07, 6.45) is 3.31. The predicted molar refractivity (Wildman–Crippen MR) is 78.2 cm³/mol. The Labute approximate surface area is 126 Å². The van der Waals surface area contributed by atoms with Crippen LogP contribution in [0.2, 0.25) is 0 Å². The van der Waals surface area contributed by atoms with E-state index < -0.39 is 5.97 Å². The number of carbonyl (C=O) groups is 1. The fourth-order valence-corrected chi connectivity index (χ4v) is 2.00. The molecule has 2 rings (SSSR count). The van der Waals surface area contributed by atoms with Gasteiger partial charge in [-0.3, -0.25) is 4.79 Å². The van der Waals surface area contributed by atoms with Crippen molar-refractivity contribution in [2.75, 3.05) is 14.2 Å². The standard InChI is InChI=1S/C14H14N2O4S/c1-9(17)20-21-14-15-7-11(8-16-14)10-4-5-12(18-2)13(6-10)19-3/h4-8H,1-3H3. The molecule has 1 aromatic carbocycles. The van der Waals surface area contributed by atoms with Gasteiger partial charge < -0.3 is 13.7 Å². The molecule has 6 nitrogen and oxygen atoms in total. The summed E-state index contributed by atoms with van der Waals surface area (Å²) in [5.74, 6) is 0.894. The Hall–Kier alpha value is -2.28. The minimum absolute atomic E-state index is 0.370. The van der Waals surface area contributed by atoms with Crippen molar-refractivity contribution in [3.05, 3.63) is 30.6 Å². The maximum absolute atomic E-state index is 10.7. The normalized spacial score (nSPS) is 10.0. The molecular weight excluding hydrogens is 292 g/mol. The Kier molecular flexibility index (Phi) is 4.99. The zero-order valence-corrected chi connectivity index (χ0v) is 12.6. The van der Waals surface area contributed by atoms with E-state index in [1.54, 1.807) is 26.6 Å². The fraction of sp³-hybridized carbons (Fsp3) is 0.214. The monoisotopic (exact) mass is 306 g/mol. The van der Waals surface area contributed by atoms with Crippen molar-refractivity contribution in [2.45, 2.75) is 12.1 Å². The second kappa shape index (κ2) is 6.94. The summed E-state index contributed by atoms with van der Waals surface area (Å²) in [7, 11) is 3.17. The largest absolute Gasteiger partial charge is 0.493 e. The molecule has 0 saturated heterocycles. The number of aromatic nitrogens is 2. The van der Waals surface area contributed by atoms with Crippen LogP contribution in [0.15, 0.2) is 35.7 Å². The molecule has 0 aliphatic rings. The Morgan fingerprint density at radius 2 is 1.71 bits per heavy atom. The van der Waals surface area contributed by atoms with Crippen LogP contribution < -0.4 is 9.47 Å². The van der Waals surface area contributed by atoms with Gasteiger partial charge in [0.1, 0.15) is 12.0 Å². The molecule has 0 atom stereocenters. The number of hydrogen-bond acceptors (Lipinski definition) is 7. The van der Waals surface area contributed by atoms with Crippen molar-refractivity contribution in [1.29, 1.82) is 0 Å². The Morgan fingerprint density at radius 3 is 2.29 bits per heavy atom. The maximum atomic E-state index is 10.7. The lowest BCUT2D eigenvalue weighted by molar-refractivity contribution is -0.130. The summed E-state index contributed by atoms with van der Waals surface area (Å²) >= 11 is 0.830. The first-order valence-electron chi connectivity index (χ1n) is 6.03. The molecule has 7 heteroatoms. The van der Waals surface area contributed by atoms with Crippen molar-refractivity contribution < 1.29 is 18.5 Å². The van der Waals surface area contributed by atoms with E-state index in [4.69, 9.17) is 13.7 Å². The second-order valence-electron chi connectivity index (χ2n) is 3.98. The summed E-state index contributed by atoms with van der Waals surface area (Å²) < 4.78 is 15.2. The zero-order chi connectivity index (χ0) is 15.2. The number of benzene rings is 1. The average molecular weight is 306 g/mol. The van der Waals surface area contributed by atoms with Crippen LogP contribution in [0.5, 0.6) is 11.5 Å². The maximum Gasteiger partial charge on any atom is 0.315 e. The van der Waals surface area contributed by atoms with Gasteiger partial charge in [-0.05, 0) is 17.7 Å². The van der Waals surface area contributed by atoms with Gasteiger partial charge in [-0.25, -0.2) is 9.97 Å². The van der Waals surface area contributed by atoms with Crippen molar-refractivity contribution in [3.63, 3.8) is 0 Å². The van der Waals surface area contributed by atoms with Crippen LogP contribution in [0.4, 0.5) is 0 Å². The van der Waals surface area contributed by atoms with Gasteiger partial charge in [0.05, 0.1) is 14.2 Å². The van der Waals surface area contributed by atoms with Gasteiger partial charge in [-0.15, -0.1) is 0 Å². The smallest absolute Gasteiger partial charge is 0.315 e. The molecule has 0 bridgehead atoms. The molecule has 0 radical (unpaired) electrons. The molecule has 0 saturated carbocycles. The predicted octanol–water partition coefficient (Wildman–Crippen LogP) is 2.73. The molecule has 1 heterocycles. The van der Waals surface area contributed by atoms with Crippen molar-refractivity contribution in [2.24, 2.45) is 0 Å². The molecule has 0 fully saturated rings. The van der Waals surface area contributed by atoms with Crippen LogP contribution in [0.1, 0.15) is 6.92 Å². The lowest BCUT2D eigenvalue weighted by Crippen LogP contribution is -1.94. The first-order valence-corrected chi connectivity index (χ1v) is 6.77. The molecule has 110 valence electrons. The van der Waals surface area contributed by atoms with E-state index in [0.29, 0.717) is 16.7 Å². The van der Waals surface area contributed by atoms with E-state index in [2.05, 4.69) is 9.97 Å². The highest BCUT2D eigenvalue weighted by Crippen LogP contribution is 2.32. The highest BCUT2D eigenvalue weighted by Gasteiger charge is 2.08. The van der Waals surface area contributed by atoms with Crippen molar-refractivity contribution >= 4 is 18.0 Å². The van der Waals surface area contributed by atoms with Gasteiger partial charge in [0.2, 0.25) is 5.16 Å². The van der Waals surface area contributed by atoms with E-state index in [1.165, 1.54) is 6.92 Å². The molecule has 0 aliphatic heterocycles. The van der Waals surface area contributed by atoms with Crippen molar-refractivity contribution in [3.8, 4) is 22.6 Å². The molecule has 0 aliphatic carbocycles. The van der Waals surface area contributed by atoms with Gasteiger partial charge in [0.15, 0.2) is 11.5 Å². The molecule has 0 unspecified atom stereocenters. The molecule has 1 aromatic heterocycles. The Bertz CT molecular complexity index is 631. The SMILES string of the molecule is COc1ccc(-c2cnc(SOC(C)=O)nc2)cc1OC. The number of methoxy groups -OCH3 is 2. The third-order valence-electron chi connectivity index (χ3n) is 2.58.